The van der Waals surface area contributed by atoms with Gasteiger partial charge in [0, 0.05) is 23.6 Å². The number of fused-ring (bicyclic) bond motifs is 1. The largest absolute Gasteiger partial charge is 0.497 e. The summed E-state index contributed by atoms with van der Waals surface area (Å²) in [6, 6.07) is 5.81. The maximum Gasteiger partial charge on any atom is 0.168 e. The van der Waals surface area contributed by atoms with Gasteiger partial charge in [0.1, 0.15) is 11.6 Å². The molecule has 0 bridgehead atoms. The maximum atomic E-state index is 12.9. The minimum Gasteiger partial charge on any atom is -0.497 e. The fraction of sp³-hybridized carbons (Fsp3) is 0.182. The van der Waals surface area contributed by atoms with Gasteiger partial charge in [0.2, 0.25) is 0 Å². The quantitative estimate of drug-likeness (QED) is 0.496. The van der Waals surface area contributed by atoms with Gasteiger partial charge in [0.05, 0.1) is 42.1 Å². The molecule has 0 aliphatic carbocycles. The van der Waals surface area contributed by atoms with Gasteiger partial charge in [-0.05, 0) is 49.3 Å². The number of carbonyl (C=O) groups excluding carboxylic acids is 1. The highest BCUT2D eigenvalue weighted by Gasteiger charge is 2.11. The summed E-state index contributed by atoms with van der Waals surface area (Å²) in [6.07, 6.45) is 1.59. The number of Topliss-reactive ketones (excluding diaryl/α,β-unsaturated/α-hetero) is 1. The second kappa shape index (κ2) is 7.23. The van der Waals surface area contributed by atoms with Gasteiger partial charge in [-0.25, -0.2) is 4.98 Å². The highest BCUT2D eigenvalue weighted by molar-refractivity contribution is 5.97. The number of rotatable bonds is 5. The molecule has 0 fully saturated rings. The molecule has 0 spiro atoms. The average molecular weight is 376 g/mol. The number of ether oxygens (including phenoxy) is 1. The molecule has 0 atom stereocenters. The number of aryl methyl sites for hydroxylation is 1. The molecule has 0 N–H and O–H groups in total. The van der Waals surface area contributed by atoms with E-state index in [1.54, 1.807) is 12.3 Å². The zero-order chi connectivity index (χ0) is 23.2. The second-order valence-electron chi connectivity index (χ2n) is 6.37. The lowest BCUT2D eigenvalue weighted by atomic mass is 10.0. The van der Waals surface area contributed by atoms with Crippen molar-refractivity contribution in [1.82, 2.24) is 19.7 Å². The minimum atomic E-state index is -0.572. The summed E-state index contributed by atoms with van der Waals surface area (Å²) in [5, 5.41) is 9.08. The van der Waals surface area contributed by atoms with Gasteiger partial charge in [0.25, 0.3) is 0 Å². The first kappa shape index (κ1) is 13.6. The topological polar surface area (TPSA) is 69.9 Å². The predicted molar refractivity (Wildman–Crippen MR) is 108 cm³/mol. The number of methoxy groups -OCH3 is 1. The molecule has 2 aromatic carbocycles. The Bertz CT molecular complexity index is 1360. The van der Waals surface area contributed by atoms with Gasteiger partial charge < -0.3 is 9.30 Å². The first-order valence-corrected chi connectivity index (χ1v) is 8.65. The monoisotopic (exact) mass is 376 g/mol. The smallest absolute Gasteiger partial charge is 0.168 e. The highest BCUT2D eigenvalue weighted by Crippen LogP contribution is 2.24. The van der Waals surface area contributed by atoms with E-state index in [4.69, 9.17) is 10.2 Å². The van der Waals surface area contributed by atoms with Crippen molar-refractivity contribution in [3.63, 3.8) is 0 Å². The summed E-state index contributed by atoms with van der Waals surface area (Å²) < 4.78 is 39.1. The summed E-state index contributed by atoms with van der Waals surface area (Å²) in [6.45, 7) is 1.92. The van der Waals surface area contributed by atoms with E-state index < -0.39 is 30.0 Å². The van der Waals surface area contributed by atoms with E-state index in [1.807, 2.05) is 36.7 Å². The zero-order valence-corrected chi connectivity index (χ0v) is 15.7. The van der Waals surface area contributed by atoms with Crippen LogP contribution < -0.4 is 4.74 Å². The van der Waals surface area contributed by atoms with Crippen LogP contribution in [0.5, 0.6) is 5.75 Å². The normalized spacial score (nSPS) is 13.0. The van der Waals surface area contributed by atoms with Crippen molar-refractivity contribution in [2.75, 3.05) is 7.11 Å². The lowest BCUT2D eigenvalue weighted by Gasteiger charge is -2.07. The molecule has 0 aliphatic heterocycles. The number of hydrogen-bond acceptors (Lipinski definition) is 5. The molecular weight excluding hydrogens is 352 g/mol. The lowest BCUT2D eigenvalue weighted by molar-refractivity contribution is 0.0991. The van der Waals surface area contributed by atoms with Crippen LogP contribution in [0.15, 0.2) is 54.6 Å². The molecule has 6 nitrogen and oxygen atoms in total. The number of imidazole rings is 1. The number of carbonyl (C=O) groups is 1. The molecule has 2 heterocycles. The fourth-order valence-corrected chi connectivity index (χ4v) is 2.90. The van der Waals surface area contributed by atoms with E-state index in [0.717, 1.165) is 22.5 Å². The molecule has 6 heteroatoms. The van der Waals surface area contributed by atoms with E-state index in [2.05, 4.69) is 15.2 Å². The first-order chi connectivity index (χ1) is 15.2. The number of hydrogen-bond donors (Lipinski definition) is 0. The molecule has 0 saturated carbocycles. The number of aromatic nitrogens is 4. The SMILES string of the molecule is [2H]c1c([2H])c(C(=O)Cc2cc3cc(-c4cnc(C)n4C)ccc3nn2)c([2H])c([2H])c1OC. The molecule has 4 aromatic rings. The summed E-state index contributed by atoms with van der Waals surface area (Å²) in [5.41, 5.74) is 2.63. The van der Waals surface area contributed by atoms with E-state index in [1.165, 1.54) is 7.11 Å². The van der Waals surface area contributed by atoms with Crippen LogP contribution in [0.4, 0.5) is 0 Å². The van der Waals surface area contributed by atoms with E-state index in [0.29, 0.717) is 11.2 Å². The Kier molecular flexibility index (Phi) is 3.51. The van der Waals surface area contributed by atoms with Crippen LogP contribution in [0, 0.1) is 6.92 Å². The molecule has 0 amide bonds. The Morgan fingerprint density at radius 3 is 2.64 bits per heavy atom. The van der Waals surface area contributed by atoms with Crippen LogP contribution in [0.3, 0.4) is 0 Å². The zero-order valence-electron chi connectivity index (χ0n) is 19.7. The molecule has 0 saturated heterocycles. The van der Waals surface area contributed by atoms with Crippen molar-refractivity contribution in [3.05, 3.63) is 71.7 Å². The van der Waals surface area contributed by atoms with Gasteiger partial charge in [0.15, 0.2) is 5.78 Å². The van der Waals surface area contributed by atoms with E-state index in [9.17, 15) is 4.79 Å². The lowest BCUT2D eigenvalue weighted by Crippen LogP contribution is -2.06. The van der Waals surface area contributed by atoms with Crippen molar-refractivity contribution in [1.29, 1.82) is 0 Å². The van der Waals surface area contributed by atoms with Gasteiger partial charge in [-0.3, -0.25) is 4.79 Å². The van der Waals surface area contributed by atoms with Crippen LogP contribution >= 0.6 is 0 Å². The fourth-order valence-electron chi connectivity index (χ4n) is 2.90. The van der Waals surface area contributed by atoms with E-state index >= 15 is 0 Å². The number of nitrogens with zero attached hydrogens (tertiary/aromatic N) is 4. The third kappa shape index (κ3) is 3.36. The molecule has 28 heavy (non-hydrogen) atoms. The van der Waals surface area contributed by atoms with Crippen LogP contribution in [0.2, 0.25) is 0 Å². The molecule has 140 valence electrons. The number of ketones is 1. The Labute approximate surface area is 168 Å². The molecule has 0 aliphatic rings. The Hall–Kier alpha value is -3.54. The van der Waals surface area contributed by atoms with Crippen molar-refractivity contribution in [2.45, 2.75) is 13.3 Å². The predicted octanol–water partition coefficient (Wildman–Crippen LogP) is 3.77. The van der Waals surface area contributed by atoms with Crippen LogP contribution in [0.25, 0.3) is 22.2 Å². The van der Waals surface area contributed by atoms with Crippen LogP contribution in [-0.2, 0) is 13.5 Å². The Balaban J connectivity index is 1.71. The Morgan fingerprint density at radius 2 is 1.96 bits per heavy atom. The van der Waals surface area contributed by atoms with E-state index in [-0.39, 0.29) is 17.7 Å². The molecule has 0 unspecified atom stereocenters. The first-order valence-electron chi connectivity index (χ1n) is 10.7. The summed E-state index contributed by atoms with van der Waals surface area (Å²) in [4.78, 5) is 17.2. The maximum absolute atomic E-state index is 12.9. The van der Waals surface area contributed by atoms with Crippen molar-refractivity contribution in [3.8, 4) is 17.0 Å². The van der Waals surface area contributed by atoms with Gasteiger partial charge in [-0.2, -0.15) is 10.2 Å². The van der Waals surface area contributed by atoms with Gasteiger partial charge >= 0.3 is 0 Å². The van der Waals surface area contributed by atoms with Crippen LogP contribution in [0.1, 0.15) is 27.4 Å². The third-order valence-electron chi connectivity index (χ3n) is 4.58. The second-order valence-corrected chi connectivity index (χ2v) is 6.37. The van der Waals surface area contributed by atoms with Gasteiger partial charge in [-0.15, -0.1) is 0 Å². The van der Waals surface area contributed by atoms with Crippen molar-refractivity contribution < 1.29 is 15.0 Å². The van der Waals surface area contributed by atoms with Crippen molar-refractivity contribution >= 4 is 16.7 Å². The summed E-state index contributed by atoms with van der Waals surface area (Å²) in [5.74, 6) is 0.121. The Morgan fingerprint density at radius 1 is 1.18 bits per heavy atom. The third-order valence-corrected chi connectivity index (χ3v) is 4.58. The summed E-state index contributed by atoms with van der Waals surface area (Å²) in [7, 11) is 3.20. The summed E-state index contributed by atoms with van der Waals surface area (Å²) >= 11 is 0. The molecule has 2 aromatic heterocycles. The molecule has 0 radical (unpaired) electrons. The molecule has 4 rings (SSSR count). The highest BCUT2D eigenvalue weighted by atomic mass is 16.5. The van der Waals surface area contributed by atoms with Crippen molar-refractivity contribution in [2.24, 2.45) is 7.05 Å². The van der Waals surface area contributed by atoms with Crippen LogP contribution in [-0.4, -0.2) is 32.6 Å². The van der Waals surface area contributed by atoms with Gasteiger partial charge in [-0.1, -0.05) is 6.07 Å². The standard InChI is InChI=1S/C22H20N4O2/c1-14-23-13-21(26(14)2)16-6-9-20-17(10-16)11-18(24-25-20)12-22(27)15-4-7-19(28-3)8-5-15/h4-11,13H,12H2,1-3H3/i4D,5D,7D,8D. The minimum absolute atomic E-state index is 0.194. The molecular formula is C22H20N4O2. The average Bonchev–Trinajstić information content (AvgIpc) is 3.11. The number of benzene rings is 2.